The number of carbonyl (C=O) groups is 1. The molecule has 1 heterocycles. The Morgan fingerprint density at radius 1 is 1.53 bits per heavy atom. The SMILES string of the molecule is CCN1CCCCC1CNC(=O)CCC(C)N. The first-order chi connectivity index (χ1) is 8.13. The van der Waals surface area contributed by atoms with E-state index in [4.69, 9.17) is 5.73 Å². The lowest BCUT2D eigenvalue weighted by molar-refractivity contribution is -0.121. The third-order valence-corrected chi connectivity index (χ3v) is 3.52. The maximum Gasteiger partial charge on any atom is 0.220 e. The molecule has 4 nitrogen and oxygen atoms in total. The minimum atomic E-state index is 0.113. The van der Waals surface area contributed by atoms with Gasteiger partial charge in [0.2, 0.25) is 5.91 Å². The zero-order valence-corrected chi connectivity index (χ0v) is 11.2. The lowest BCUT2D eigenvalue weighted by atomic mass is 10.0. The van der Waals surface area contributed by atoms with E-state index in [1.807, 2.05) is 6.92 Å². The van der Waals surface area contributed by atoms with Gasteiger partial charge in [-0.05, 0) is 39.3 Å². The molecule has 0 saturated carbocycles. The van der Waals surface area contributed by atoms with Crippen LogP contribution in [-0.2, 0) is 4.79 Å². The highest BCUT2D eigenvalue weighted by atomic mass is 16.1. The second-order valence-corrected chi connectivity index (χ2v) is 5.10. The predicted molar refractivity (Wildman–Crippen MR) is 70.8 cm³/mol. The van der Waals surface area contributed by atoms with Crippen molar-refractivity contribution in [2.45, 2.75) is 58.0 Å². The minimum Gasteiger partial charge on any atom is -0.355 e. The zero-order chi connectivity index (χ0) is 12.7. The molecule has 1 fully saturated rings. The van der Waals surface area contributed by atoms with Crippen molar-refractivity contribution < 1.29 is 4.79 Å². The molecular formula is C13H27N3O. The van der Waals surface area contributed by atoms with Crippen molar-refractivity contribution in [2.24, 2.45) is 5.73 Å². The molecule has 0 aliphatic carbocycles. The van der Waals surface area contributed by atoms with Gasteiger partial charge in [0.25, 0.3) is 0 Å². The third-order valence-electron chi connectivity index (χ3n) is 3.52. The average Bonchev–Trinajstić information content (AvgIpc) is 2.34. The highest BCUT2D eigenvalue weighted by Gasteiger charge is 2.20. The van der Waals surface area contributed by atoms with E-state index in [1.54, 1.807) is 0 Å². The highest BCUT2D eigenvalue weighted by Crippen LogP contribution is 2.15. The molecule has 0 aromatic carbocycles. The van der Waals surface area contributed by atoms with Crippen LogP contribution in [0.3, 0.4) is 0 Å². The summed E-state index contributed by atoms with van der Waals surface area (Å²) >= 11 is 0. The molecule has 17 heavy (non-hydrogen) atoms. The first kappa shape index (κ1) is 14.5. The Balaban J connectivity index is 2.21. The summed E-state index contributed by atoms with van der Waals surface area (Å²) in [6, 6.07) is 0.649. The lowest BCUT2D eigenvalue weighted by Gasteiger charge is -2.34. The number of hydrogen-bond acceptors (Lipinski definition) is 3. The molecule has 0 bridgehead atoms. The van der Waals surface area contributed by atoms with Gasteiger partial charge in [-0.1, -0.05) is 13.3 Å². The summed E-state index contributed by atoms with van der Waals surface area (Å²) in [7, 11) is 0. The van der Waals surface area contributed by atoms with Gasteiger partial charge in [0, 0.05) is 25.0 Å². The molecule has 0 aromatic rings. The lowest BCUT2D eigenvalue weighted by Crippen LogP contribution is -2.46. The summed E-state index contributed by atoms with van der Waals surface area (Å²) in [6.07, 6.45) is 5.12. The first-order valence-electron chi connectivity index (χ1n) is 6.89. The second kappa shape index (κ2) is 7.67. The van der Waals surface area contributed by atoms with Crippen LogP contribution in [0.15, 0.2) is 0 Å². The van der Waals surface area contributed by atoms with Gasteiger partial charge in [-0.25, -0.2) is 0 Å². The normalized spacial score (nSPS) is 23.4. The van der Waals surface area contributed by atoms with Crippen molar-refractivity contribution >= 4 is 5.91 Å². The molecule has 1 aliphatic heterocycles. The average molecular weight is 241 g/mol. The van der Waals surface area contributed by atoms with Gasteiger partial charge in [-0.15, -0.1) is 0 Å². The number of amides is 1. The van der Waals surface area contributed by atoms with Crippen LogP contribution in [0.4, 0.5) is 0 Å². The van der Waals surface area contributed by atoms with Crippen LogP contribution in [0.5, 0.6) is 0 Å². The smallest absolute Gasteiger partial charge is 0.220 e. The number of carbonyl (C=O) groups excluding carboxylic acids is 1. The topological polar surface area (TPSA) is 58.4 Å². The quantitative estimate of drug-likeness (QED) is 0.732. The molecule has 100 valence electrons. The standard InChI is InChI=1S/C13H27N3O/c1-3-16-9-5-4-6-12(16)10-15-13(17)8-7-11(2)14/h11-12H,3-10,14H2,1-2H3,(H,15,17). The molecule has 0 spiro atoms. The number of likely N-dealkylation sites (N-methyl/N-ethyl adjacent to an activating group) is 1. The summed E-state index contributed by atoms with van der Waals surface area (Å²) in [5.74, 6) is 0.143. The summed E-state index contributed by atoms with van der Waals surface area (Å²) in [5.41, 5.74) is 5.64. The largest absolute Gasteiger partial charge is 0.355 e. The van der Waals surface area contributed by atoms with E-state index < -0.39 is 0 Å². The fraction of sp³-hybridized carbons (Fsp3) is 0.923. The van der Waals surface area contributed by atoms with Crippen molar-refractivity contribution in [2.75, 3.05) is 19.6 Å². The fourth-order valence-corrected chi connectivity index (χ4v) is 2.39. The van der Waals surface area contributed by atoms with Crippen LogP contribution >= 0.6 is 0 Å². The van der Waals surface area contributed by atoms with E-state index in [2.05, 4.69) is 17.1 Å². The van der Waals surface area contributed by atoms with Crippen LogP contribution in [-0.4, -0.2) is 42.5 Å². The number of piperidine rings is 1. The molecule has 1 amide bonds. The Morgan fingerprint density at radius 2 is 2.29 bits per heavy atom. The number of likely N-dealkylation sites (tertiary alicyclic amines) is 1. The van der Waals surface area contributed by atoms with Gasteiger partial charge >= 0.3 is 0 Å². The number of nitrogens with two attached hydrogens (primary N) is 1. The summed E-state index contributed by atoms with van der Waals surface area (Å²) in [5, 5.41) is 3.04. The highest BCUT2D eigenvalue weighted by molar-refractivity contribution is 5.75. The van der Waals surface area contributed by atoms with Crippen LogP contribution in [0.2, 0.25) is 0 Å². The van der Waals surface area contributed by atoms with Crippen LogP contribution in [0.1, 0.15) is 46.0 Å². The molecule has 3 N–H and O–H groups in total. The van der Waals surface area contributed by atoms with Gasteiger partial charge in [0.15, 0.2) is 0 Å². The Kier molecular flexibility index (Phi) is 6.52. The van der Waals surface area contributed by atoms with E-state index in [-0.39, 0.29) is 11.9 Å². The zero-order valence-electron chi connectivity index (χ0n) is 11.2. The predicted octanol–water partition coefficient (Wildman–Crippen LogP) is 1.10. The van der Waals surface area contributed by atoms with Crippen LogP contribution in [0.25, 0.3) is 0 Å². The molecule has 0 aromatic heterocycles. The second-order valence-electron chi connectivity index (χ2n) is 5.10. The number of rotatable bonds is 6. The van der Waals surface area contributed by atoms with Crippen LogP contribution < -0.4 is 11.1 Å². The van der Waals surface area contributed by atoms with Crippen molar-refractivity contribution in [1.82, 2.24) is 10.2 Å². The molecule has 1 rings (SSSR count). The minimum absolute atomic E-state index is 0.113. The molecule has 1 aliphatic rings. The van der Waals surface area contributed by atoms with E-state index in [9.17, 15) is 4.79 Å². The van der Waals surface area contributed by atoms with Gasteiger partial charge in [0.05, 0.1) is 0 Å². The Hall–Kier alpha value is -0.610. The van der Waals surface area contributed by atoms with Gasteiger partial charge in [-0.3, -0.25) is 9.69 Å². The van der Waals surface area contributed by atoms with Crippen molar-refractivity contribution in [1.29, 1.82) is 0 Å². The number of nitrogens with one attached hydrogen (secondary N) is 1. The summed E-state index contributed by atoms with van der Waals surface area (Å²) in [4.78, 5) is 14.1. The fourth-order valence-electron chi connectivity index (χ4n) is 2.39. The maximum absolute atomic E-state index is 11.6. The van der Waals surface area contributed by atoms with Gasteiger partial charge < -0.3 is 11.1 Å². The Labute approximate surface area is 105 Å². The van der Waals surface area contributed by atoms with Gasteiger partial charge in [-0.2, -0.15) is 0 Å². The van der Waals surface area contributed by atoms with Crippen molar-refractivity contribution in [3.05, 3.63) is 0 Å². The Morgan fingerprint density at radius 3 is 2.94 bits per heavy atom. The molecule has 1 saturated heterocycles. The maximum atomic E-state index is 11.6. The van der Waals surface area contributed by atoms with E-state index in [0.29, 0.717) is 12.5 Å². The Bertz CT molecular complexity index is 231. The van der Waals surface area contributed by atoms with Gasteiger partial charge in [0.1, 0.15) is 0 Å². The van der Waals surface area contributed by atoms with Crippen molar-refractivity contribution in [3.8, 4) is 0 Å². The monoisotopic (exact) mass is 241 g/mol. The molecule has 2 atom stereocenters. The van der Waals surface area contributed by atoms with E-state index in [1.165, 1.54) is 25.8 Å². The first-order valence-corrected chi connectivity index (χ1v) is 6.89. The molecule has 2 unspecified atom stereocenters. The molecule has 4 heteroatoms. The van der Waals surface area contributed by atoms with E-state index in [0.717, 1.165) is 19.5 Å². The molecule has 0 radical (unpaired) electrons. The van der Waals surface area contributed by atoms with Crippen molar-refractivity contribution in [3.63, 3.8) is 0 Å². The van der Waals surface area contributed by atoms with E-state index >= 15 is 0 Å². The molecular weight excluding hydrogens is 214 g/mol. The number of hydrogen-bond donors (Lipinski definition) is 2. The summed E-state index contributed by atoms with van der Waals surface area (Å²) < 4.78 is 0. The number of nitrogens with zero attached hydrogens (tertiary/aromatic N) is 1. The van der Waals surface area contributed by atoms with Crippen LogP contribution in [0, 0.1) is 0 Å². The third kappa shape index (κ3) is 5.50. The summed E-state index contributed by atoms with van der Waals surface area (Å²) in [6.45, 7) is 7.19.